The topological polar surface area (TPSA) is 65.2 Å². The van der Waals surface area contributed by atoms with Crippen molar-refractivity contribution in [1.29, 1.82) is 0 Å². The van der Waals surface area contributed by atoms with E-state index < -0.39 is 5.97 Å². The van der Waals surface area contributed by atoms with Crippen molar-refractivity contribution in [3.63, 3.8) is 0 Å². The van der Waals surface area contributed by atoms with Gasteiger partial charge in [-0.3, -0.25) is 0 Å². The first-order chi connectivity index (χ1) is 10.2. The molecular formula is C17H14NO3-. The van der Waals surface area contributed by atoms with Crippen molar-refractivity contribution in [2.24, 2.45) is 0 Å². The maximum absolute atomic E-state index is 10.8. The number of H-pyrrole nitrogens is 1. The Hall–Kier alpha value is -2.75. The predicted molar refractivity (Wildman–Crippen MR) is 78.3 cm³/mol. The summed E-state index contributed by atoms with van der Waals surface area (Å²) in [5.74, 6) is -0.497. The Morgan fingerprint density at radius 1 is 1.10 bits per heavy atom. The van der Waals surface area contributed by atoms with Gasteiger partial charge in [-0.2, -0.15) is 0 Å². The number of aromatic nitrogens is 1. The molecule has 1 heterocycles. The molecule has 0 saturated carbocycles. The number of aromatic amines is 1. The summed E-state index contributed by atoms with van der Waals surface area (Å²) in [6, 6.07) is 17.1. The van der Waals surface area contributed by atoms with Crippen molar-refractivity contribution in [1.82, 2.24) is 4.98 Å². The Labute approximate surface area is 122 Å². The molecule has 3 rings (SSSR count). The van der Waals surface area contributed by atoms with E-state index in [0.29, 0.717) is 12.4 Å². The fourth-order valence-electron chi connectivity index (χ4n) is 2.24. The highest BCUT2D eigenvalue weighted by Gasteiger charge is 2.03. The highest BCUT2D eigenvalue weighted by Crippen LogP contribution is 2.21. The quantitative estimate of drug-likeness (QED) is 0.778. The van der Waals surface area contributed by atoms with Gasteiger partial charge >= 0.3 is 0 Å². The lowest BCUT2D eigenvalue weighted by Gasteiger charge is -2.06. The summed E-state index contributed by atoms with van der Waals surface area (Å²) in [6.45, 7) is 0.573. The van der Waals surface area contributed by atoms with Crippen molar-refractivity contribution in [2.45, 2.75) is 6.42 Å². The zero-order chi connectivity index (χ0) is 14.7. The molecule has 0 bridgehead atoms. The minimum atomic E-state index is -1.21. The third kappa shape index (κ3) is 3.05. The van der Waals surface area contributed by atoms with Crippen LogP contribution in [0.15, 0.2) is 54.6 Å². The van der Waals surface area contributed by atoms with Gasteiger partial charge in [-0.05, 0) is 23.8 Å². The fraction of sp³-hybridized carbons (Fsp3) is 0.118. The number of nitrogens with one attached hydrogen (secondary N) is 1. The average Bonchev–Trinajstić information content (AvgIpc) is 2.92. The van der Waals surface area contributed by atoms with E-state index in [9.17, 15) is 9.90 Å². The summed E-state index contributed by atoms with van der Waals surface area (Å²) >= 11 is 0. The van der Waals surface area contributed by atoms with E-state index in [1.165, 1.54) is 5.56 Å². The molecule has 0 radical (unpaired) electrons. The number of hydrogen-bond acceptors (Lipinski definition) is 3. The molecule has 1 N–H and O–H groups in total. The van der Waals surface area contributed by atoms with Gasteiger partial charge in [0.2, 0.25) is 0 Å². The van der Waals surface area contributed by atoms with Crippen LogP contribution in [0, 0.1) is 0 Å². The smallest absolute Gasteiger partial charge is 0.121 e. The van der Waals surface area contributed by atoms with Gasteiger partial charge in [0.15, 0.2) is 0 Å². The van der Waals surface area contributed by atoms with Gasteiger partial charge in [0.25, 0.3) is 0 Å². The van der Waals surface area contributed by atoms with E-state index in [1.54, 1.807) is 12.1 Å². The number of hydrogen-bond donors (Lipinski definition) is 1. The Morgan fingerprint density at radius 3 is 2.67 bits per heavy atom. The van der Waals surface area contributed by atoms with Crippen LogP contribution in [0.2, 0.25) is 0 Å². The molecule has 4 heteroatoms. The van der Waals surface area contributed by atoms with Gasteiger partial charge in [-0.15, -0.1) is 0 Å². The van der Waals surface area contributed by atoms with Gasteiger partial charge < -0.3 is 19.6 Å². The van der Waals surface area contributed by atoms with Crippen molar-refractivity contribution in [3.05, 3.63) is 65.9 Å². The molecule has 0 amide bonds. The molecule has 0 atom stereocenters. The van der Waals surface area contributed by atoms with Crippen LogP contribution in [0.4, 0.5) is 0 Å². The number of carboxylic acids is 1. The van der Waals surface area contributed by atoms with Crippen LogP contribution in [-0.2, 0) is 6.42 Å². The Balaban J connectivity index is 1.68. The number of carbonyl (C=O) groups is 1. The second kappa shape index (κ2) is 5.71. The van der Waals surface area contributed by atoms with Crippen molar-refractivity contribution >= 4 is 16.9 Å². The first kappa shape index (κ1) is 13.2. The molecule has 21 heavy (non-hydrogen) atoms. The van der Waals surface area contributed by atoms with E-state index in [2.05, 4.69) is 17.1 Å². The van der Waals surface area contributed by atoms with Gasteiger partial charge in [0, 0.05) is 23.4 Å². The molecule has 0 aliphatic heterocycles. The van der Waals surface area contributed by atoms with E-state index in [0.717, 1.165) is 17.3 Å². The van der Waals surface area contributed by atoms with Crippen LogP contribution >= 0.6 is 0 Å². The predicted octanol–water partition coefficient (Wildman–Crippen LogP) is 2.15. The normalized spacial score (nSPS) is 10.7. The van der Waals surface area contributed by atoms with Gasteiger partial charge in [-0.25, -0.2) is 0 Å². The van der Waals surface area contributed by atoms with Crippen LogP contribution in [0.3, 0.4) is 0 Å². The lowest BCUT2D eigenvalue weighted by atomic mass is 10.2. The average molecular weight is 280 g/mol. The Kier molecular flexibility index (Phi) is 3.60. The molecule has 2 aromatic carbocycles. The van der Waals surface area contributed by atoms with Crippen LogP contribution < -0.4 is 9.84 Å². The summed E-state index contributed by atoms with van der Waals surface area (Å²) < 4.78 is 5.70. The SMILES string of the molecule is O=C([O-])c1cc2ccc(OCCc3ccccc3)cc2[nH]1. The molecule has 4 nitrogen and oxygen atoms in total. The van der Waals surface area contributed by atoms with E-state index in [1.807, 2.05) is 30.3 Å². The van der Waals surface area contributed by atoms with E-state index in [-0.39, 0.29) is 5.69 Å². The molecule has 0 aliphatic rings. The molecule has 0 saturated heterocycles. The van der Waals surface area contributed by atoms with Crippen LogP contribution in [-0.4, -0.2) is 17.6 Å². The second-order valence-corrected chi connectivity index (χ2v) is 4.80. The van der Waals surface area contributed by atoms with Crippen LogP contribution in [0.25, 0.3) is 10.9 Å². The molecule has 0 spiro atoms. The highest BCUT2D eigenvalue weighted by molar-refractivity contribution is 5.93. The number of fused-ring (bicyclic) bond motifs is 1. The maximum Gasteiger partial charge on any atom is 0.121 e. The summed E-state index contributed by atoms with van der Waals surface area (Å²) in [5, 5.41) is 11.6. The minimum absolute atomic E-state index is 0.0754. The maximum atomic E-state index is 10.8. The number of ether oxygens (including phenoxy) is 1. The summed E-state index contributed by atoms with van der Waals surface area (Å²) in [5.41, 5.74) is 2.02. The standard InChI is InChI=1S/C17H15NO3/c19-17(20)16-10-13-6-7-14(11-15(13)18-16)21-9-8-12-4-2-1-3-5-12/h1-7,10-11,18H,8-9H2,(H,19,20)/p-1. The largest absolute Gasteiger partial charge is 0.543 e. The molecule has 106 valence electrons. The highest BCUT2D eigenvalue weighted by atomic mass is 16.5. The Bertz CT molecular complexity index is 762. The van der Waals surface area contributed by atoms with Gasteiger partial charge in [0.05, 0.1) is 18.3 Å². The third-order valence-electron chi connectivity index (χ3n) is 3.32. The number of benzene rings is 2. The number of carboxylic acid groups (broad SMARTS) is 1. The molecule has 3 aromatic rings. The van der Waals surface area contributed by atoms with Crippen LogP contribution in [0.1, 0.15) is 16.1 Å². The lowest BCUT2D eigenvalue weighted by molar-refractivity contribution is -0.255. The Morgan fingerprint density at radius 2 is 1.90 bits per heavy atom. The fourth-order valence-corrected chi connectivity index (χ4v) is 2.24. The zero-order valence-corrected chi connectivity index (χ0v) is 11.3. The third-order valence-corrected chi connectivity index (χ3v) is 3.32. The second-order valence-electron chi connectivity index (χ2n) is 4.80. The number of aromatic carboxylic acids is 1. The van der Waals surface area contributed by atoms with E-state index in [4.69, 9.17) is 4.74 Å². The first-order valence-electron chi connectivity index (χ1n) is 6.73. The van der Waals surface area contributed by atoms with E-state index >= 15 is 0 Å². The summed E-state index contributed by atoms with van der Waals surface area (Å²) in [6.07, 6.45) is 0.827. The molecule has 0 unspecified atom stereocenters. The summed E-state index contributed by atoms with van der Waals surface area (Å²) in [7, 11) is 0. The van der Waals surface area contributed by atoms with Gasteiger partial charge in [0.1, 0.15) is 5.75 Å². The van der Waals surface area contributed by atoms with Crippen molar-refractivity contribution < 1.29 is 14.6 Å². The van der Waals surface area contributed by atoms with Crippen LogP contribution in [0.5, 0.6) is 5.75 Å². The molecule has 0 aliphatic carbocycles. The van der Waals surface area contributed by atoms with Gasteiger partial charge in [-0.1, -0.05) is 30.3 Å². The molecular weight excluding hydrogens is 266 g/mol. The van der Waals surface area contributed by atoms with Crippen molar-refractivity contribution in [2.75, 3.05) is 6.61 Å². The summed E-state index contributed by atoms with van der Waals surface area (Å²) in [4.78, 5) is 13.6. The number of rotatable bonds is 5. The first-order valence-corrected chi connectivity index (χ1v) is 6.73. The lowest BCUT2D eigenvalue weighted by Crippen LogP contribution is -2.22. The monoisotopic (exact) mass is 280 g/mol. The minimum Gasteiger partial charge on any atom is -0.543 e. The number of carbonyl (C=O) groups excluding carboxylic acids is 1. The molecule has 1 aromatic heterocycles. The zero-order valence-electron chi connectivity index (χ0n) is 11.3. The molecule has 0 fully saturated rings. The van der Waals surface area contributed by atoms with Crippen molar-refractivity contribution in [3.8, 4) is 5.75 Å².